The minimum absolute atomic E-state index is 0.367. The second kappa shape index (κ2) is 4.70. The first kappa shape index (κ1) is 11.1. The molecular weight excluding hydrogens is 232 g/mol. The van der Waals surface area contributed by atoms with E-state index >= 15 is 0 Å². The summed E-state index contributed by atoms with van der Waals surface area (Å²) in [4.78, 5) is 13.7. The molecule has 1 fully saturated rings. The van der Waals surface area contributed by atoms with Crippen molar-refractivity contribution in [2.24, 2.45) is 0 Å². The van der Waals surface area contributed by atoms with Gasteiger partial charge in [0.25, 0.3) is 0 Å². The molecule has 2 aromatic rings. The molecule has 0 unspecified atom stereocenters. The number of hydrogen-bond donors (Lipinski definition) is 0. The van der Waals surface area contributed by atoms with Gasteiger partial charge in [-0.15, -0.1) is 0 Å². The second-order valence-corrected chi connectivity index (χ2v) is 4.16. The average molecular weight is 246 g/mol. The van der Waals surface area contributed by atoms with Crippen molar-refractivity contribution < 1.29 is 9.15 Å². The van der Waals surface area contributed by atoms with Crippen LogP contribution in [-0.4, -0.2) is 30.9 Å². The average Bonchev–Trinajstić information content (AvgIpc) is 2.86. The van der Waals surface area contributed by atoms with Gasteiger partial charge in [0.2, 0.25) is 0 Å². The zero-order valence-electron chi connectivity index (χ0n) is 9.91. The van der Waals surface area contributed by atoms with Crippen LogP contribution in [0.1, 0.15) is 0 Å². The molecule has 1 aromatic carbocycles. The number of benzene rings is 1. The third-order valence-electron chi connectivity index (χ3n) is 3.06. The molecule has 0 atom stereocenters. The summed E-state index contributed by atoms with van der Waals surface area (Å²) < 4.78 is 11.6. The lowest BCUT2D eigenvalue weighted by molar-refractivity contribution is 0.122. The lowest BCUT2D eigenvalue weighted by Gasteiger charge is -2.29. The smallest absolute Gasteiger partial charge is 0.416 e. The third kappa shape index (κ3) is 2.04. The van der Waals surface area contributed by atoms with E-state index in [4.69, 9.17) is 9.15 Å². The Morgan fingerprint density at radius 2 is 1.89 bits per heavy atom. The Morgan fingerprint density at radius 1 is 1.11 bits per heavy atom. The molecule has 2 heterocycles. The Bertz CT molecular complexity index is 582. The van der Waals surface area contributed by atoms with Gasteiger partial charge in [0.05, 0.1) is 25.1 Å². The van der Waals surface area contributed by atoms with E-state index in [1.807, 2.05) is 24.3 Å². The van der Waals surface area contributed by atoms with Crippen LogP contribution in [0, 0.1) is 0 Å². The predicted octanol–water partition coefficient (Wildman–Crippen LogP) is 1.27. The quantitative estimate of drug-likeness (QED) is 0.800. The topological polar surface area (TPSA) is 47.6 Å². The number of hydrogen-bond acceptors (Lipinski definition) is 4. The highest BCUT2D eigenvalue weighted by atomic mass is 16.5. The molecule has 1 saturated heterocycles. The normalized spacial score (nSPS) is 15.9. The number of oxazole rings is 1. The summed E-state index contributed by atoms with van der Waals surface area (Å²) in [5, 5.41) is 0. The van der Waals surface area contributed by atoms with E-state index in [2.05, 4.69) is 4.90 Å². The van der Waals surface area contributed by atoms with Crippen LogP contribution in [-0.2, 0) is 4.74 Å². The summed E-state index contributed by atoms with van der Waals surface area (Å²) in [7, 11) is 0. The summed E-state index contributed by atoms with van der Waals surface area (Å²) in [6, 6.07) is 7.86. The van der Waals surface area contributed by atoms with E-state index in [1.165, 1.54) is 10.8 Å². The Balaban J connectivity index is 1.94. The van der Waals surface area contributed by atoms with Gasteiger partial charge in [0.15, 0.2) is 0 Å². The van der Waals surface area contributed by atoms with Gasteiger partial charge in [0.1, 0.15) is 6.26 Å². The van der Waals surface area contributed by atoms with E-state index < -0.39 is 0 Å². The fourth-order valence-corrected chi connectivity index (χ4v) is 2.12. The fraction of sp³-hybridized carbons (Fsp3) is 0.308. The molecule has 1 aliphatic rings. The first-order valence-corrected chi connectivity index (χ1v) is 5.94. The second-order valence-electron chi connectivity index (χ2n) is 4.16. The van der Waals surface area contributed by atoms with E-state index in [9.17, 15) is 4.79 Å². The van der Waals surface area contributed by atoms with Gasteiger partial charge in [-0.25, -0.2) is 9.36 Å². The molecule has 18 heavy (non-hydrogen) atoms. The number of anilines is 1. The SMILES string of the molecule is O=c1occn1-c1cccc(N2CCOCC2)c1. The number of morpholine rings is 1. The van der Waals surface area contributed by atoms with Crippen LogP contribution in [0.25, 0.3) is 5.69 Å². The Morgan fingerprint density at radius 3 is 2.61 bits per heavy atom. The summed E-state index contributed by atoms with van der Waals surface area (Å²) in [6.07, 6.45) is 3.02. The maximum absolute atomic E-state index is 11.5. The van der Waals surface area contributed by atoms with Crippen LogP contribution in [0.2, 0.25) is 0 Å². The minimum atomic E-state index is -0.367. The fourth-order valence-electron chi connectivity index (χ4n) is 2.12. The number of ether oxygens (including phenoxy) is 1. The summed E-state index contributed by atoms with van der Waals surface area (Å²) in [5.74, 6) is -0.367. The molecule has 0 aliphatic carbocycles. The molecule has 94 valence electrons. The zero-order valence-corrected chi connectivity index (χ0v) is 9.91. The molecule has 0 spiro atoms. The minimum Gasteiger partial charge on any atom is -0.416 e. The van der Waals surface area contributed by atoms with Crippen LogP contribution >= 0.6 is 0 Å². The van der Waals surface area contributed by atoms with Crippen molar-refractivity contribution in [2.75, 3.05) is 31.2 Å². The van der Waals surface area contributed by atoms with Gasteiger partial charge in [-0.3, -0.25) is 0 Å². The van der Waals surface area contributed by atoms with Crippen LogP contribution in [0.15, 0.2) is 45.9 Å². The Hall–Kier alpha value is -2.01. The van der Waals surface area contributed by atoms with Crippen molar-refractivity contribution in [1.82, 2.24) is 4.57 Å². The number of rotatable bonds is 2. The molecule has 5 nitrogen and oxygen atoms in total. The molecule has 0 bridgehead atoms. The summed E-state index contributed by atoms with van der Waals surface area (Å²) in [5.41, 5.74) is 1.92. The maximum atomic E-state index is 11.5. The maximum Gasteiger partial charge on any atom is 0.423 e. The third-order valence-corrected chi connectivity index (χ3v) is 3.06. The predicted molar refractivity (Wildman–Crippen MR) is 67.3 cm³/mol. The molecule has 1 aliphatic heterocycles. The zero-order chi connectivity index (χ0) is 12.4. The molecule has 0 N–H and O–H groups in total. The van der Waals surface area contributed by atoms with Crippen LogP contribution in [0.5, 0.6) is 0 Å². The van der Waals surface area contributed by atoms with Crippen molar-refractivity contribution in [3.8, 4) is 5.69 Å². The van der Waals surface area contributed by atoms with Gasteiger partial charge >= 0.3 is 5.76 Å². The summed E-state index contributed by atoms with van der Waals surface area (Å²) in [6.45, 7) is 3.25. The highest BCUT2D eigenvalue weighted by molar-refractivity contribution is 5.53. The lowest BCUT2D eigenvalue weighted by atomic mass is 10.2. The van der Waals surface area contributed by atoms with E-state index in [0.29, 0.717) is 0 Å². The summed E-state index contributed by atoms with van der Waals surface area (Å²) >= 11 is 0. The Labute approximate surface area is 104 Å². The largest absolute Gasteiger partial charge is 0.423 e. The number of nitrogens with zero attached hydrogens (tertiary/aromatic N) is 2. The van der Waals surface area contributed by atoms with E-state index in [0.717, 1.165) is 37.7 Å². The molecule has 0 saturated carbocycles. The molecule has 0 amide bonds. The van der Waals surface area contributed by atoms with E-state index in [1.54, 1.807) is 6.20 Å². The van der Waals surface area contributed by atoms with Crippen molar-refractivity contribution >= 4 is 5.69 Å². The van der Waals surface area contributed by atoms with Crippen LogP contribution in [0.3, 0.4) is 0 Å². The van der Waals surface area contributed by atoms with Crippen molar-refractivity contribution in [2.45, 2.75) is 0 Å². The standard InChI is InChI=1S/C13H14N2O3/c16-13-15(6-9-18-13)12-3-1-2-11(10-12)14-4-7-17-8-5-14/h1-3,6,9-10H,4-5,7-8H2. The molecule has 1 aromatic heterocycles. The molecule has 0 radical (unpaired) electrons. The Kier molecular flexibility index (Phi) is 2.90. The molecule has 5 heteroatoms. The highest BCUT2D eigenvalue weighted by Crippen LogP contribution is 2.19. The first-order valence-electron chi connectivity index (χ1n) is 5.94. The van der Waals surface area contributed by atoms with Crippen molar-refractivity contribution in [3.05, 3.63) is 47.3 Å². The first-order chi connectivity index (χ1) is 8.84. The number of aromatic nitrogens is 1. The lowest BCUT2D eigenvalue weighted by Crippen LogP contribution is -2.36. The van der Waals surface area contributed by atoms with Gasteiger partial charge in [-0.1, -0.05) is 6.07 Å². The highest BCUT2D eigenvalue weighted by Gasteiger charge is 2.12. The van der Waals surface area contributed by atoms with E-state index in [-0.39, 0.29) is 5.76 Å². The molecular formula is C13H14N2O3. The van der Waals surface area contributed by atoms with Gasteiger partial charge in [-0.2, -0.15) is 0 Å². The van der Waals surface area contributed by atoms with Crippen molar-refractivity contribution in [1.29, 1.82) is 0 Å². The molecule has 3 rings (SSSR count). The van der Waals surface area contributed by atoms with Gasteiger partial charge in [0, 0.05) is 18.8 Å². The van der Waals surface area contributed by atoms with Crippen molar-refractivity contribution in [3.63, 3.8) is 0 Å². The van der Waals surface area contributed by atoms with Crippen LogP contribution in [0.4, 0.5) is 5.69 Å². The monoisotopic (exact) mass is 246 g/mol. The van der Waals surface area contributed by atoms with Crippen LogP contribution < -0.4 is 10.7 Å². The van der Waals surface area contributed by atoms with Gasteiger partial charge in [-0.05, 0) is 18.2 Å². The van der Waals surface area contributed by atoms with Gasteiger partial charge < -0.3 is 14.1 Å².